The van der Waals surface area contributed by atoms with E-state index in [1.807, 2.05) is 6.92 Å². The summed E-state index contributed by atoms with van der Waals surface area (Å²) in [5.41, 5.74) is 0. The second-order valence-corrected chi connectivity index (χ2v) is 6.16. The van der Waals surface area contributed by atoms with E-state index in [1.165, 1.54) is 30.8 Å². The Morgan fingerprint density at radius 1 is 1.30 bits per heavy atom. The minimum absolute atomic E-state index is 0.0263. The molecule has 2 aliphatic heterocycles. The van der Waals surface area contributed by atoms with Crippen molar-refractivity contribution < 1.29 is 9.59 Å². The van der Waals surface area contributed by atoms with Gasteiger partial charge in [0, 0.05) is 13.1 Å². The molecule has 2 atom stereocenters. The van der Waals surface area contributed by atoms with Crippen LogP contribution in [0.2, 0.25) is 0 Å². The van der Waals surface area contributed by atoms with E-state index >= 15 is 0 Å². The zero-order chi connectivity index (χ0) is 14.5. The number of hydrogen-bond donors (Lipinski definition) is 1. The van der Waals surface area contributed by atoms with Gasteiger partial charge >= 0.3 is 0 Å². The lowest BCUT2D eigenvalue weighted by Crippen LogP contribution is -2.42. The molecule has 2 rings (SSSR count). The molecule has 0 aromatic rings. The summed E-state index contributed by atoms with van der Waals surface area (Å²) in [6.45, 7) is 9.04. The molecule has 0 aromatic carbocycles. The first kappa shape index (κ1) is 15.4. The summed E-state index contributed by atoms with van der Waals surface area (Å²) in [4.78, 5) is 27.7. The molecule has 0 bridgehead atoms. The minimum Gasteiger partial charge on any atom is -0.305 e. The highest BCUT2D eigenvalue weighted by Gasteiger charge is 2.37. The summed E-state index contributed by atoms with van der Waals surface area (Å²) in [7, 11) is 0. The molecule has 20 heavy (non-hydrogen) atoms. The third kappa shape index (κ3) is 3.79. The smallest absolute Gasteiger partial charge is 0.246 e. The van der Waals surface area contributed by atoms with Gasteiger partial charge in [-0.2, -0.15) is 0 Å². The second kappa shape index (κ2) is 7.18. The van der Waals surface area contributed by atoms with Gasteiger partial charge in [-0.3, -0.25) is 14.5 Å². The van der Waals surface area contributed by atoms with Crippen LogP contribution in [-0.4, -0.2) is 60.4 Å². The van der Waals surface area contributed by atoms with Crippen molar-refractivity contribution in [1.82, 2.24) is 15.1 Å². The van der Waals surface area contributed by atoms with E-state index in [1.54, 1.807) is 0 Å². The van der Waals surface area contributed by atoms with E-state index in [0.717, 1.165) is 19.5 Å². The monoisotopic (exact) mass is 281 g/mol. The fraction of sp³-hybridized carbons (Fsp3) is 0.867. The molecule has 2 aliphatic rings. The Hall–Kier alpha value is -0.940. The predicted octanol–water partition coefficient (Wildman–Crippen LogP) is 0.845. The first-order chi connectivity index (χ1) is 9.61. The highest BCUT2D eigenvalue weighted by atomic mass is 16.2. The maximum atomic E-state index is 12.1. The first-order valence-corrected chi connectivity index (χ1v) is 7.91. The number of carbonyl (C=O) groups excluding carboxylic acids is 2. The minimum atomic E-state index is -0.296. The lowest BCUT2D eigenvalue weighted by atomic mass is 10.1. The summed E-state index contributed by atoms with van der Waals surface area (Å²) in [6.07, 6.45) is 3.77. The van der Waals surface area contributed by atoms with Gasteiger partial charge in [0.1, 0.15) is 0 Å². The van der Waals surface area contributed by atoms with E-state index in [4.69, 9.17) is 0 Å². The van der Waals surface area contributed by atoms with E-state index in [9.17, 15) is 9.59 Å². The highest BCUT2D eigenvalue weighted by Crippen LogP contribution is 2.14. The lowest BCUT2D eigenvalue weighted by Gasteiger charge is -2.21. The Morgan fingerprint density at radius 2 is 2.00 bits per heavy atom. The van der Waals surface area contributed by atoms with Crippen molar-refractivity contribution in [1.29, 1.82) is 0 Å². The maximum Gasteiger partial charge on any atom is 0.246 e. The van der Waals surface area contributed by atoms with Crippen LogP contribution in [0.1, 0.15) is 39.5 Å². The quantitative estimate of drug-likeness (QED) is 0.703. The van der Waals surface area contributed by atoms with Crippen LogP contribution in [0.3, 0.4) is 0 Å². The van der Waals surface area contributed by atoms with Gasteiger partial charge in [-0.25, -0.2) is 0 Å². The zero-order valence-electron chi connectivity index (χ0n) is 12.7. The molecule has 0 radical (unpaired) electrons. The van der Waals surface area contributed by atoms with Crippen LogP contribution < -0.4 is 5.32 Å². The SMILES string of the molecule is CCCN1C(=O)CC(NCC(C)CN2CCCC2)C1=O. The zero-order valence-corrected chi connectivity index (χ0v) is 12.7. The standard InChI is InChI=1S/C15H27N3O2/c1-3-6-18-14(19)9-13(15(18)20)16-10-12(2)11-17-7-4-5-8-17/h12-13,16H,3-11H2,1-2H3. The molecule has 0 saturated carbocycles. The molecule has 0 aliphatic carbocycles. The second-order valence-electron chi connectivity index (χ2n) is 6.16. The molecule has 2 fully saturated rings. The van der Waals surface area contributed by atoms with E-state index in [0.29, 0.717) is 18.9 Å². The Balaban J connectivity index is 1.73. The van der Waals surface area contributed by atoms with Crippen molar-refractivity contribution in [2.75, 3.05) is 32.7 Å². The fourth-order valence-corrected chi connectivity index (χ4v) is 3.12. The van der Waals surface area contributed by atoms with Crippen LogP contribution >= 0.6 is 0 Å². The molecule has 5 nitrogen and oxygen atoms in total. The van der Waals surface area contributed by atoms with E-state index < -0.39 is 0 Å². The number of hydrogen-bond acceptors (Lipinski definition) is 4. The van der Waals surface area contributed by atoms with Crippen LogP contribution in [-0.2, 0) is 9.59 Å². The van der Waals surface area contributed by atoms with Crippen LogP contribution in [0, 0.1) is 5.92 Å². The topological polar surface area (TPSA) is 52.7 Å². The van der Waals surface area contributed by atoms with Crippen molar-refractivity contribution in [3.05, 3.63) is 0 Å². The number of imide groups is 1. The molecule has 5 heteroatoms. The van der Waals surface area contributed by atoms with Gasteiger partial charge in [0.15, 0.2) is 0 Å². The number of nitrogens with one attached hydrogen (secondary N) is 1. The highest BCUT2D eigenvalue weighted by molar-refractivity contribution is 6.05. The number of carbonyl (C=O) groups is 2. The number of amides is 2. The number of nitrogens with zero attached hydrogens (tertiary/aromatic N) is 2. The molecule has 2 amide bonds. The Morgan fingerprint density at radius 3 is 2.65 bits per heavy atom. The Bertz CT molecular complexity index is 353. The largest absolute Gasteiger partial charge is 0.305 e. The molecule has 1 N–H and O–H groups in total. The van der Waals surface area contributed by atoms with Crippen LogP contribution in [0.5, 0.6) is 0 Å². The summed E-state index contributed by atoms with van der Waals surface area (Å²) in [6, 6.07) is -0.296. The summed E-state index contributed by atoms with van der Waals surface area (Å²) >= 11 is 0. The number of likely N-dealkylation sites (tertiary alicyclic amines) is 2. The van der Waals surface area contributed by atoms with Crippen molar-refractivity contribution in [2.24, 2.45) is 5.92 Å². The third-order valence-electron chi connectivity index (χ3n) is 4.17. The van der Waals surface area contributed by atoms with Crippen molar-refractivity contribution in [3.8, 4) is 0 Å². The molecule has 0 aromatic heterocycles. The lowest BCUT2D eigenvalue weighted by molar-refractivity contribution is -0.138. The third-order valence-corrected chi connectivity index (χ3v) is 4.17. The fourth-order valence-electron chi connectivity index (χ4n) is 3.12. The van der Waals surface area contributed by atoms with Crippen LogP contribution in [0.25, 0.3) is 0 Å². The maximum absolute atomic E-state index is 12.1. The normalized spacial score (nSPS) is 25.7. The molecule has 2 unspecified atom stereocenters. The molecule has 114 valence electrons. The van der Waals surface area contributed by atoms with Gasteiger partial charge in [0.25, 0.3) is 0 Å². The van der Waals surface area contributed by atoms with Crippen LogP contribution in [0.4, 0.5) is 0 Å². The molecular weight excluding hydrogens is 254 g/mol. The molecular formula is C15H27N3O2. The molecule has 2 heterocycles. The Kier molecular flexibility index (Phi) is 5.54. The average Bonchev–Trinajstić information content (AvgIpc) is 3.00. The first-order valence-electron chi connectivity index (χ1n) is 7.91. The van der Waals surface area contributed by atoms with Crippen LogP contribution in [0.15, 0.2) is 0 Å². The predicted molar refractivity (Wildman–Crippen MR) is 78.3 cm³/mol. The van der Waals surface area contributed by atoms with Crippen molar-refractivity contribution in [3.63, 3.8) is 0 Å². The van der Waals surface area contributed by atoms with Gasteiger partial charge < -0.3 is 10.2 Å². The summed E-state index contributed by atoms with van der Waals surface area (Å²) in [5, 5.41) is 3.29. The number of rotatable bonds is 7. The summed E-state index contributed by atoms with van der Waals surface area (Å²) < 4.78 is 0. The van der Waals surface area contributed by atoms with Gasteiger partial charge in [-0.1, -0.05) is 13.8 Å². The van der Waals surface area contributed by atoms with Gasteiger partial charge in [0.05, 0.1) is 12.5 Å². The van der Waals surface area contributed by atoms with Gasteiger partial charge in [-0.15, -0.1) is 0 Å². The molecule has 0 spiro atoms. The van der Waals surface area contributed by atoms with E-state index in [-0.39, 0.29) is 17.9 Å². The van der Waals surface area contributed by atoms with Crippen molar-refractivity contribution in [2.45, 2.75) is 45.6 Å². The molecule has 2 saturated heterocycles. The van der Waals surface area contributed by atoms with Gasteiger partial charge in [-0.05, 0) is 44.8 Å². The van der Waals surface area contributed by atoms with Gasteiger partial charge in [0.2, 0.25) is 11.8 Å². The summed E-state index contributed by atoms with van der Waals surface area (Å²) in [5.74, 6) is 0.447. The Labute approximate surface area is 121 Å². The van der Waals surface area contributed by atoms with E-state index in [2.05, 4.69) is 17.1 Å². The average molecular weight is 281 g/mol. The van der Waals surface area contributed by atoms with Crippen molar-refractivity contribution >= 4 is 11.8 Å².